The van der Waals surface area contributed by atoms with Crippen molar-refractivity contribution in [3.8, 4) is 0 Å². The maximum absolute atomic E-state index is 12.8. The van der Waals surface area contributed by atoms with Crippen LogP contribution in [-0.2, 0) is 33.8 Å². The van der Waals surface area contributed by atoms with Crippen LogP contribution in [0.25, 0.3) is 0 Å². The van der Waals surface area contributed by atoms with E-state index >= 15 is 0 Å². The molecule has 1 aliphatic rings. The Labute approximate surface area is 150 Å². The second kappa shape index (κ2) is 6.68. The Morgan fingerprint density at radius 1 is 1.08 bits per heavy atom. The Hall–Kier alpha value is -1.90. The van der Waals surface area contributed by atoms with Crippen molar-refractivity contribution in [2.24, 2.45) is 0 Å². The molecule has 0 spiro atoms. The van der Waals surface area contributed by atoms with Crippen LogP contribution in [0.5, 0.6) is 0 Å². The lowest BCUT2D eigenvalue weighted by Crippen LogP contribution is -2.45. The van der Waals surface area contributed by atoms with Gasteiger partial charge in [-0.25, -0.2) is 13.1 Å². The SMILES string of the molecule is COC1(CNS(=O)(=O)c2cccc(C(F)(F)F)c2)Cc2ccccc2C1. The fourth-order valence-electron chi connectivity index (χ4n) is 3.15. The van der Waals surface area contributed by atoms with Crippen LogP contribution in [0.3, 0.4) is 0 Å². The molecule has 0 radical (unpaired) electrons. The molecule has 0 unspecified atom stereocenters. The minimum absolute atomic E-state index is 0.0310. The van der Waals surface area contributed by atoms with E-state index in [1.54, 1.807) is 0 Å². The van der Waals surface area contributed by atoms with Crippen LogP contribution in [0.1, 0.15) is 16.7 Å². The van der Waals surface area contributed by atoms with Crippen molar-refractivity contribution < 1.29 is 26.3 Å². The Morgan fingerprint density at radius 3 is 2.23 bits per heavy atom. The number of halogens is 3. The smallest absolute Gasteiger partial charge is 0.376 e. The third-order valence-corrected chi connectivity index (χ3v) is 6.03. The van der Waals surface area contributed by atoms with E-state index in [1.165, 1.54) is 7.11 Å². The molecule has 2 aromatic rings. The molecular weight excluding hydrogens is 367 g/mol. The zero-order valence-corrected chi connectivity index (χ0v) is 14.8. The van der Waals surface area contributed by atoms with E-state index in [9.17, 15) is 21.6 Å². The fraction of sp³-hybridized carbons (Fsp3) is 0.333. The molecule has 8 heteroatoms. The molecule has 0 fully saturated rings. The number of ether oxygens (including phenoxy) is 1. The van der Waals surface area contributed by atoms with Gasteiger partial charge in [-0.05, 0) is 29.3 Å². The average Bonchev–Trinajstić information content (AvgIpc) is 2.99. The summed E-state index contributed by atoms with van der Waals surface area (Å²) in [5, 5.41) is 0. The highest BCUT2D eigenvalue weighted by atomic mass is 32.2. The molecule has 0 saturated heterocycles. The van der Waals surface area contributed by atoms with Crippen molar-refractivity contribution in [1.82, 2.24) is 4.72 Å². The summed E-state index contributed by atoms with van der Waals surface area (Å²) in [4.78, 5) is -0.422. The summed E-state index contributed by atoms with van der Waals surface area (Å²) < 4.78 is 71.4. The lowest BCUT2D eigenvalue weighted by atomic mass is 10.0. The Morgan fingerprint density at radius 2 is 1.69 bits per heavy atom. The molecule has 140 valence electrons. The molecule has 1 N–H and O–H groups in total. The van der Waals surface area contributed by atoms with Crippen LogP contribution in [0.15, 0.2) is 53.4 Å². The number of benzene rings is 2. The van der Waals surface area contributed by atoms with Crippen LogP contribution in [0, 0.1) is 0 Å². The van der Waals surface area contributed by atoms with E-state index in [0.29, 0.717) is 18.9 Å². The number of sulfonamides is 1. The maximum atomic E-state index is 12.8. The molecule has 0 aliphatic heterocycles. The van der Waals surface area contributed by atoms with E-state index in [1.807, 2.05) is 24.3 Å². The average molecular weight is 385 g/mol. The molecule has 0 heterocycles. The summed E-state index contributed by atoms with van der Waals surface area (Å²) >= 11 is 0. The zero-order chi connectivity index (χ0) is 19.0. The Bertz CT molecular complexity index is 885. The van der Waals surface area contributed by atoms with E-state index in [-0.39, 0.29) is 6.54 Å². The van der Waals surface area contributed by atoms with Crippen LogP contribution < -0.4 is 4.72 Å². The van der Waals surface area contributed by atoms with Crippen molar-refractivity contribution in [3.05, 3.63) is 65.2 Å². The van der Waals surface area contributed by atoms with Crippen molar-refractivity contribution in [3.63, 3.8) is 0 Å². The minimum Gasteiger partial charge on any atom is -0.376 e. The van der Waals surface area contributed by atoms with Crippen LogP contribution in [0.4, 0.5) is 13.2 Å². The highest BCUT2D eigenvalue weighted by Crippen LogP contribution is 2.33. The van der Waals surface area contributed by atoms with Crippen molar-refractivity contribution in [2.75, 3.05) is 13.7 Å². The van der Waals surface area contributed by atoms with Crippen molar-refractivity contribution in [1.29, 1.82) is 0 Å². The van der Waals surface area contributed by atoms with Gasteiger partial charge in [-0.1, -0.05) is 30.3 Å². The number of nitrogens with one attached hydrogen (secondary N) is 1. The van der Waals surface area contributed by atoms with Gasteiger partial charge in [0.05, 0.1) is 16.1 Å². The van der Waals surface area contributed by atoms with Gasteiger partial charge in [0.25, 0.3) is 0 Å². The summed E-state index contributed by atoms with van der Waals surface area (Å²) in [5.74, 6) is 0. The topological polar surface area (TPSA) is 55.4 Å². The second-order valence-electron chi connectivity index (χ2n) is 6.36. The molecule has 26 heavy (non-hydrogen) atoms. The molecule has 3 rings (SSSR count). The first-order chi connectivity index (χ1) is 12.2. The molecule has 0 saturated carbocycles. The van der Waals surface area contributed by atoms with Crippen LogP contribution in [-0.4, -0.2) is 27.7 Å². The molecule has 2 aromatic carbocycles. The number of hydrogen-bond acceptors (Lipinski definition) is 3. The quantitative estimate of drug-likeness (QED) is 0.860. The summed E-state index contributed by atoms with van der Waals surface area (Å²) in [6.45, 7) is -0.0310. The first kappa shape index (κ1) is 18.9. The first-order valence-corrected chi connectivity index (χ1v) is 9.42. The van der Waals surface area contributed by atoms with Crippen LogP contribution in [0.2, 0.25) is 0 Å². The Balaban J connectivity index is 1.79. The maximum Gasteiger partial charge on any atom is 0.416 e. The van der Waals surface area contributed by atoms with Gasteiger partial charge in [0, 0.05) is 26.5 Å². The summed E-state index contributed by atoms with van der Waals surface area (Å²) in [7, 11) is -2.59. The molecular formula is C18H18F3NO3S. The summed E-state index contributed by atoms with van der Waals surface area (Å²) in [6.07, 6.45) is -3.54. The van der Waals surface area contributed by atoms with Gasteiger partial charge in [0.1, 0.15) is 0 Å². The predicted octanol–water partition coefficient (Wildman–Crippen LogP) is 3.17. The van der Waals surface area contributed by atoms with Gasteiger partial charge < -0.3 is 4.74 Å². The first-order valence-electron chi connectivity index (χ1n) is 7.94. The molecule has 4 nitrogen and oxygen atoms in total. The van der Waals surface area contributed by atoms with Gasteiger partial charge >= 0.3 is 6.18 Å². The number of methoxy groups -OCH3 is 1. The lowest BCUT2D eigenvalue weighted by molar-refractivity contribution is -0.137. The number of fused-ring (bicyclic) bond motifs is 1. The van der Waals surface area contributed by atoms with Crippen LogP contribution >= 0.6 is 0 Å². The van der Waals surface area contributed by atoms with Crippen molar-refractivity contribution >= 4 is 10.0 Å². The number of alkyl halides is 3. The van der Waals surface area contributed by atoms with E-state index in [2.05, 4.69) is 4.72 Å². The zero-order valence-electron chi connectivity index (χ0n) is 14.0. The van der Waals surface area contributed by atoms with Gasteiger partial charge in [-0.3, -0.25) is 0 Å². The van der Waals surface area contributed by atoms with Crippen molar-refractivity contribution in [2.45, 2.75) is 29.5 Å². The van der Waals surface area contributed by atoms with Gasteiger partial charge in [0.2, 0.25) is 10.0 Å². The lowest BCUT2D eigenvalue weighted by Gasteiger charge is -2.27. The number of rotatable bonds is 5. The van der Waals surface area contributed by atoms with Gasteiger partial charge in [-0.15, -0.1) is 0 Å². The summed E-state index contributed by atoms with van der Waals surface area (Å²) in [5.41, 5.74) is 0.397. The van der Waals surface area contributed by atoms with E-state index in [4.69, 9.17) is 4.74 Å². The standard InChI is InChI=1S/C18H18F3NO3S/c1-25-17(10-13-5-2-3-6-14(13)11-17)12-22-26(23,24)16-8-4-7-15(9-16)18(19,20)21/h2-9,22H,10-12H2,1H3. The van der Waals surface area contributed by atoms with E-state index in [0.717, 1.165) is 29.3 Å². The highest BCUT2D eigenvalue weighted by Gasteiger charge is 2.38. The summed E-state index contributed by atoms with van der Waals surface area (Å²) in [6, 6.07) is 11.4. The molecule has 0 bridgehead atoms. The normalized spacial score (nSPS) is 16.5. The fourth-order valence-corrected chi connectivity index (χ4v) is 4.31. The van der Waals surface area contributed by atoms with Gasteiger partial charge in [0.15, 0.2) is 0 Å². The monoisotopic (exact) mass is 385 g/mol. The highest BCUT2D eigenvalue weighted by molar-refractivity contribution is 7.89. The largest absolute Gasteiger partial charge is 0.416 e. The third kappa shape index (κ3) is 3.77. The minimum atomic E-state index is -4.60. The van der Waals surface area contributed by atoms with E-state index < -0.39 is 32.3 Å². The molecule has 1 aliphatic carbocycles. The Kier molecular flexibility index (Phi) is 4.85. The predicted molar refractivity (Wildman–Crippen MR) is 90.2 cm³/mol. The third-order valence-electron chi connectivity index (χ3n) is 4.63. The molecule has 0 atom stereocenters. The van der Waals surface area contributed by atoms with Gasteiger partial charge in [-0.2, -0.15) is 13.2 Å². The molecule has 0 amide bonds. The number of hydrogen-bond donors (Lipinski definition) is 1. The second-order valence-corrected chi connectivity index (χ2v) is 8.13. The molecule has 0 aromatic heterocycles.